The molecular weight excluding hydrogens is 431 g/mol. The number of carbonyl (C=O) groups excluding carboxylic acids is 2. The third kappa shape index (κ3) is 4.17. The lowest BCUT2D eigenvalue weighted by Gasteiger charge is -2.47. The first-order chi connectivity index (χ1) is 13.9. The molecule has 4 aliphatic rings. The zero-order valence-electron chi connectivity index (χ0n) is 15.4. The predicted molar refractivity (Wildman–Crippen MR) is 96.9 cm³/mol. The molecule has 0 spiro atoms. The van der Waals surface area contributed by atoms with Crippen molar-refractivity contribution >= 4 is 35.5 Å². The number of carboxylic acids is 2. The summed E-state index contributed by atoms with van der Waals surface area (Å²) in [6, 6.07) is -0.275. The Hall–Kier alpha value is -2.54. The molecule has 1 aliphatic carbocycles. The third-order valence-electron chi connectivity index (χ3n) is 4.98. The summed E-state index contributed by atoms with van der Waals surface area (Å²) in [6.45, 7) is 0.703. The molecular formula is C17H18F3N3O6S. The smallest absolute Gasteiger partial charge is 0.477 e. The minimum atomic E-state index is -5.08. The fourth-order valence-electron chi connectivity index (χ4n) is 3.36. The highest BCUT2D eigenvalue weighted by Gasteiger charge is 2.51. The topological polar surface area (TPSA) is 141 Å². The van der Waals surface area contributed by atoms with Crippen molar-refractivity contribution in [2.24, 2.45) is 5.73 Å². The first kappa shape index (κ1) is 22.2. The van der Waals surface area contributed by atoms with Crippen LogP contribution in [0.2, 0.25) is 0 Å². The van der Waals surface area contributed by atoms with Gasteiger partial charge in [0.2, 0.25) is 11.8 Å². The van der Waals surface area contributed by atoms with Gasteiger partial charge in [0.25, 0.3) is 0 Å². The molecule has 3 fully saturated rings. The number of nitrogens with zero attached hydrogens (tertiary/aromatic N) is 2. The van der Waals surface area contributed by atoms with Crippen LogP contribution in [0.15, 0.2) is 22.9 Å². The van der Waals surface area contributed by atoms with E-state index in [2.05, 4.69) is 0 Å². The number of hydrogen-bond donors (Lipinski definition) is 3. The number of fused-ring (bicyclic) bond motifs is 1. The van der Waals surface area contributed by atoms with Crippen LogP contribution in [-0.4, -0.2) is 79.7 Å². The van der Waals surface area contributed by atoms with E-state index in [1.807, 2.05) is 4.90 Å². The number of aliphatic carboxylic acids is 2. The third-order valence-corrected chi connectivity index (χ3v) is 6.30. The molecule has 0 aromatic carbocycles. The maximum atomic E-state index is 12.4. The van der Waals surface area contributed by atoms with Crippen LogP contribution < -0.4 is 5.73 Å². The number of allylic oxidation sites excluding steroid dienone is 1. The lowest BCUT2D eigenvalue weighted by atomic mass is 10.0. The molecule has 0 radical (unpaired) electrons. The van der Waals surface area contributed by atoms with Gasteiger partial charge in [-0.25, -0.2) is 9.59 Å². The Balaban J connectivity index is 0.000000318. The van der Waals surface area contributed by atoms with Gasteiger partial charge in [-0.2, -0.15) is 13.2 Å². The van der Waals surface area contributed by atoms with Crippen LogP contribution >= 0.6 is 11.8 Å². The van der Waals surface area contributed by atoms with Gasteiger partial charge in [-0.15, -0.1) is 11.8 Å². The second-order valence-electron chi connectivity index (χ2n) is 7.07. The average molecular weight is 449 g/mol. The second-order valence-corrected chi connectivity index (χ2v) is 8.17. The van der Waals surface area contributed by atoms with E-state index in [1.165, 1.54) is 16.7 Å². The number of amides is 2. The molecule has 3 heterocycles. The van der Waals surface area contributed by atoms with Crippen molar-refractivity contribution in [1.82, 2.24) is 9.80 Å². The number of thioether (sulfide) groups is 1. The monoisotopic (exact) mass is 449 g/mol. The van der Waals surface area contributed by atoms with E-state index in [0.717, 1.165) is 12.8 Å². The van der Waals surface area contributed by atoms with Gasteiger partial charge in [0.15, 0.2) is 0 Å². The first-order valence-electron chi connectivity index (χ1n) is 8.91. The lowest BCUT2D eigenvalue weighted by Crippen LogP contribution is -2.68. The number of carboxylic acid groups (broad SMARTS) is 2. The van der Waals surface area contributed by atoms with Gasteiger partial charge in [0.05, 0.1) is 0 Å². The standard InChI is InChI=1S/C15H17N3O4S.C2HF3O2/c16-10-13(20)18-11(15(21)22)8(6-23-14(10)18)5-7-3-4-17(12(7)19)9-1-2-9;3-2(4,5)1(6)7/h5,9-10,14H,1-4,6,16H2,(H,21,22);(H,6,7)/b7-5+;/t10-,14-;/m1./s1. The molecule has 2 atom stereocenters. The van der Waals surface area contributed by atoms with Crippen molar-refractivity contribution in [3.05, 3.63) is 22.9 Å². The van der Waals surface area contributed by atoms with E-state index in [9.17, 15) is 32.7 Å². The minimum absolute atomic E-state index is 0.00324. The van der Waals surface area contributed by atoms with Gasteiger partial charge in [-0.3, -0.25) is 14.5 Å². The van der Waals surface area contributed by atoms with Crippen LogP contribution in [0.4, 0.5) is 13.2 Å². The van der Waals surface area contributed by atoms with Gasteiger partial charge in [0.1, 0.15) is 17.1 Å². The number of halogens is 3. The summed E-state index contributed by atoms with van der Waals surface area (Å²) in [4.78, 5) is 47.9. The van der Waals surface area contributed by atoms with Crippen molar-refractivity contribution in [2.75, 3.05) is 12.3 Å². The molecule has 30 heavy (non-hydrogen) atoms. The first-order valence-corrected chi connectivity index (χ1v) is 9.96. The second kappa shape index (κ2) is 7.95. The molecule has 3 aliphatic heterocycles. The Bertz CT molecular complexity index is 867. The summed E-state index contributed by atoms with van der Waals surface area (Å²) >= 11 is 1.45. The maximum absolute atomic E-state index is 12.4. The van der Waals surface area contributed by atoms with Crippen LogP contribution in [0, 0.1) is 0 Å². The molecule has 0 unspecified atom stereocenters. The summed E-state index contributed by atoms with van der Waals surface area (Å²) in [6.07, 6.45) is -0.665. The minimum Gasteiger partial charge on any atom is -0.477 e. The highest BCUT2D eigenvalue weighted by Crippen LogP contribution is 2.41. The van der Waals surface area contributed by atoms with Crippen LogP contribution in [0.1, 0.15) is 19.3 Å². The van der Waals surface area contributed by atoms with Crippen molar-refractivity contribution in [1.29, 1.82) is 0 Å². The zero-order valence-corrected chi connectivity index (χ0v) is 16.2. The van der Waals surface area contributed by atoms with Gasteiger partial charge in [-0.1, -0.05) is 0 Å². The highest BCUT2D eigenvalue weighted by molar-refractivity contribution is 8.00. The highest BCUT2D eigenvalue weighted by atomic mass is 32.2. The van der Waals surface area contributed by atoms with E-state index in [4.69, 9.17) is 15.6 Å². The van der Waals surface area contributed by atoms with E-state index in [-0.39, 0.29) is 22.9 Å². The summed E-state index contributed by atoms with van der Waals surface area (Å²) in [7, 11) is 0. The maximum Gasteiger partial charge on any atom is 0.490 e. The Labute approximate surface area is 172 Å². The number of likely N-dealkylation sites (tertiary alicyclic amines) is 1. The van der Waals surface area contributed by atoms with Crippen molar-refractivity contribution in [3.8, 4) is 0 Å². The summed E-state index contributed by atoms with van der Waals surface area (Å²) in [5, 5.41) is 16.3. The number of rotatable bonds is 3. The molecule has 2 amide bonds. The quantitative estimate of drug-likeness (QED) is 0.418. The number of nitrogens with two attached hydrogens (primary N) is 1. The van der Waals surface area contributed by atoms with Crippen LogP contribution in [0.25, 0.3) is 0 Å². The van der Waals surface area contributed by atoms with Gasteiger partial charge < -0.3 is 20.8 Å². The number of alkyl halides is 3. The fourth-order valence-corrected chi connectivity index (χ4v) is 4.62. The van der Waals surface area contributed by atoms with E-state index < -0.39 is 24.2 Å². The molecule has 0 aromatic rings. The molecule has 4 rings (SSSR count). The van der Waals surface area contributed by atoms with E-state index >= 15 is 0 Å². The number of β-lactam (4-membered cyclic amide) rings is 1. The molecule has 0 bridgehead atoms. The zero-order chi connectivity index (χ0) is 22.4. The van der Waals surface area contributed by atoms with Crippen molar-refractivity contribution < 1.29 is 42.6 Å². The summed E-state index contributed by atoms with van der Waals surface area (Å²) < 4.78 is 31.7. The van der Waals surface area contributed by atoms with E-state index in [1.54, 1.807) is 6.08 Å². The van der Waals surface area contributed by atoms with Crippen LogP contribution in [-0.2, 0) is 19.2 Å². The molecule has 164 valence electrons. The average Bonchev–Trinajstić information content (AvgIpc) is 3.44. The Morgan fingerprint density at radius 2 is 1.80 bits per heavy atom. The Morgan fingerprint density at radius 1 is 1.20 bits per heavy atom. The fraction of sp³-hybridized carbons (Fsp3) is 0.529. The lowest BCUT2D eigenvalue weighted by molar-refractivity contribution is -0.192. The van der Waals surface area contributed by atoms with E-state index in [0.29, 0.717) is 35.9 Å². The molecule has 9 nitrogen and oxygen atoms in total. The summed E-state index contributed by atoms with van der Waals surface area (Å²) in [5.74, 6) is -3.82. The van der Waals surface area contributed by atoms with Gasteiger partial charge in [-0.05, 0) is 30.9 Å². The van der Waals surface area contributed by atoms with Crippen molar-refractivity contribution in [3.63, 3.8) is 0 Å². The largest absolute Gasteiger partial charge is 0.490 e. The van der Waals surface area contributed by atoms with Gasteiger partial charge in [0, 0.05) is 23.9 Å². The molecule has 4 N–H and O–H groups in total. The SMILES string of the molecule is N[C@@H]1C(=O)N2C(C(=O)O)=C(/C=C3\CCN(C4CC4)C3=O)CS[C@H]12.O=C(O)C(F)(F)F. The van der Waals surface area contributed by atoms with Crippen molar-refractivity contribution in [2.45, 2.75) is 42.9 Å². The van der Waals surface area contributed by atoms with Crippen LogP contribution in [0.3, 0.4) is 0 Å². The number of hydrogen-bond acceptors (Lipinski definition) is 6. The summed E-state index contributed by atoms with van der Waals surface area (Å²) in [5.41, 5.74) is 6.87. The molecule has 2 saturated heterocycles. The number of carbonyl (C=O) groups is 4. The Kier molecular flexibility index (Phi) is 5.87. The van der Waals surface area contributed by atoms with Gasteiger partial charge >= 0.3 is 18.1 Å². The van der Waals surface area contributed by atoms with Crippen LogP contribution in [0.5, 0.6) is 0 Å². The molecule has 1 saturated carbocycles. The molecule has 13 heteroatoms. The normalized spacial score (nSPS) is 27.5. The Morgan fingerprint density at radius 3 is 2.30 bits per heavy atom. The predicted octanol–water partition coefficient (Wildman–Crippen LogP) is 0.522. The molecule has 0 aromatic heterocycles.